The third-order valence-electron chi connectivity index (χ3n) is 7.07. The maximum atomic E-state index is 12.8. The Bertz CT molecular complexity index is 1390. The fraction of sp³-hybridized carbons (Fsp3) is 0.375. The second-order valence-corrected chi connectivity index (χ2v) is 10.1. The van der Waals surface area contributed by atoms with Gasteiger partial charge in [0, 0.05) is 31.3 Å². The van der Waals surface area contributed by atoms with Crippen molar-refractivity contribution in [3.05, 3.63) is 47.4 Å². The Balaban J connectivity index is 1.35. The molecule has 2 bridgehead atoms. The molecule has 0 saturated heterocycles. The molecule has 192 valence electrons. The monoisotopic (exact) mass is 524 g/mol. The van der Waals surface area contributed by atoms with E-state index in [1.807, 2.05) is 0 Å². The molecule has 3 saturated carbocycles. The number of carboxylic acid groups (broad SMARTS) is 1. The summed E-state index contributed by atoms with van der Waals surface area (Å²) in [5.41, 5.74) is 0.978. The first-order chi connectivity index (χ1) is 17.5. The largest absolute Gasteiger partial charge is 0.465 e. The number of nitrogens with one attached hydrogen (secondary N) is 2. The topological polar surface area (TPSA) is 155 Å². The minimum absolute atomic E-state index is 0.0868. The summed E-state index contributed by atoms with van der Waals surface area (Å²) in [6.07, 6.45) is 3.68. The van der Waals surface area contributed by atoms with E-state index in [0.29, 0.717) is 36.2 Å². The Labute approximate surface area is 217 Å². The Morgan fingerprint density at radius 2 is 1.92 bits per heavy atom. The van der Waals surface area contributed by atoms with Crippen LogP contribution in [0, 0.1) is 5.41 Å². The smallest absolute Gasteiger partial charge is 0.413 e. The van der Waals surface area contributed by atoms with Gasteiger partial charge in [0.2, 0.25) is 11.8 Å². The number of aromatic nitrogens is 5. The summed E-state index contributed by atoms with van der Waals surface area (Å²) in [5.74, 6) is 0.0197. The van der Waals surface area contributed by atoms with Crippen LogP contribution in [0.4, 0.5) is 16.3 Å². The molecule has 0 aliphatic heterocycles. The van der Waals surface area contributed by atoms with Gasteiger partial charge in [-0.15, -0.1) is 5.10 Å². The van der Waals surface area contributed by atoms with E-state index in [-0.39, 0.29) is 34.0 Å². The van der Waals surface area contributed by atoms with Crippen LogP contribution in [0.2, 0.25) is 5.15 Å². The van der Waals surface area contributed by atoms with E-state index >= 15 is 0 Å². The van der Waals surface area contributed by atoms with Crippen molar-refractivity contribution in [2.45, 2.75) is 44.7 Å². The van der Waals surface area contributed by atoms with Crippen LogP contribution in [0.5, 0.6) is 0 Å². The van der Waals surface area contributed by atoms with Crippen molar-refractivity contribution in [1.82, 2.24) is 30.3 Å². The van der Waals surface area contributed by atoms with Crippen molar-refractivity contribution in [1.29, 1.82) is 0 Å². The maximum absolute atomic E-state index is 12.8. The lowest BCUT2D eigenvalue weighted by Crippen LogP contribution is -2.77. The second-order valence-electron chi connectivity index (χ2n) is 9.76. The minimum atomic E-state index is -1.22. The van der Waals surface area contributed by atoms with Crippen LogP contribution >= 0.6 is 11.6 Å². The van der Waals surface area contributed by atoms with E-state index in [9.17, 15) is 19.5 Å². The third kappa shape index (κ3) is 4.16. The average molecular weight is 525 g/mol. The fourth-order valence-electron chi connectivity index (χ4n) is 5.48. The molecule has 0 unspecified atom stereocenters. The number of anilines is 2. The normalized spacial score (nSPS) is 22.3. The van der Waals surface area contributed by atoms with Crippen LogP contribution in [0.1, 0.15) is 44.7 Å². The number of pyridine rings is 2. The quantitative estimate of drug-likeness (QED) is 0.398. The van der Waals surface area contributed by atoms with E-state index < -0.39 is 17.6 Å². The molecule has 12 nitrogen and oxygen atoms in total. The molecule has 3 aromatic heterocycles. The first-order valence-electron chi connectivity index (χ1n) is 11.6. The molecule has 3 aromatic rings. The molecule has 3 aliphatic rings. The molecule has 3 aliphatic carbocycles. The molecule has 3 fully saturated rings. The van der Waals surface area contributed by atoms with E-state index in [2.05, 4.69) is 30.9 Å². The summed E-state index contributed by atoms with van der Waals surface area (Å²) in [6, 6.07) is 6.02. The molecule has 0 radical (unpaired) electrons. The van der Waals surface area contributed by atoms with Crippen LogP contribution < -0.4 is 15.5 Å². The highest BCUT2D eigenvalue weighted by Gasteiger charge is 2.72. The lowest BCUT2D eigenvalue weighted by molar-refractivity contribution is -0.178. The molecule has 3 N–H and O–H groups in total. The van der Waals surface area contributed by atoms with Gasteiger partial charge in [0.1, 0.15) is 5.15 Å². The summed E-state index contributed by atoms with van der Waals surface area (Å²) >= 11 is 6.23. The number of halogens is 1. The van der Waals surface area contributed by atoms with Gasteiger partial charge in [-0.05, 0) is 44.4 Å². The SMILES string of the molecule is CC(=O)NC12CC(C(=O)Nc3ccc(-c4nnn(C)c4N(C(=O)O)[C@H](C)c4cccnc4Cl)nc3)(C1)C2. The van der Waals surface area contributed by atoms with Crippen LogP contribution in [-0.4, -0.2) is 53.5 Å². The van der Waals surface area contributed by atoms with Gasteiger partial charge in [0.05, 0.1) is 29.0 Å². The number of hydrogen-bond donors (Lipinski definition) is 3. The molecule has 13 heteroatoms. The predicted octanol–water partition coefficient (Wildman–Crippen LogP) is 3.17. The number of nitrogens with zero attached hydrogens (tertiary/aromatic N) is 6. The second kappa shape index (κ2) is 8.80. The maximum Gasteiger partial charge on any atom is 0.413 e. The number of hydrogen-bond acceptors (Lipinski definition) is 7. The van der Waals surface area contributed by atoms with Crippen molar-refractivity contribution in [3.8, 4) is 11.4 Å². The zero-order valence-corrected chi connectivity index (χ0v) is 21.2. The van der Waals surface area contributed by atoms with Crippen molar-refractivity contribution < 1.29 is 19.5 Å². The standard InChI is InChI=1S/C24H25ClN8O4/c1-13(16-5-4-8-26-19(16)25)33(22(36)37)20-18(30-31-32(20)3)17-7-6-15(9-27-17)28-21(35)23-10-24(11-23,12-23)29-14(2)34/h4-9,13H,10-12H2,1-3H3,(H,28,35)(H,29,34)(H,36,37)/t13-,23?,24?/m1/s1. The van der Waals surface area contributed by atoms with Crippen LogP contribution in [0.25, 0.3) is 11.4 Å². The van der Waals surface area contributed by atoms with Crippen molar-refractivity contribution in [3.63, 3.8) is 0 Å². The van der Waals surface area contributed by atoms with E-state index in [1.54, 1.807) is 38.2 Å². The third-order valence-corrected chi connectivity index (χ3v) is 7.39. The van der Waals surface area contributed by atoms with Crippen LogP contribution in [-0.2, 0) is 16.6 Å². The highest BCUT2D eigenvalue weighted by molar-refractivity contribution is 6.30. The van der Waals surface area contributed by atoms with Gasteiger partial charge in [-0.3, -0.25) is 19.5 Å². The number of aryl methyl sites for hydroxylation is 1. The zero-order chi connectivity index (χ0) is 26.5. The summed E-state index contributed by atoms with van der Waals surface area (Å²) in [4.78, 5) is 46.1. The Hall–Kier alpha value is -4.06. The molecule has 3 heterocycles. The highest BCUT2D eigenvalue weighted by atomic mass is 35.5. The van der Waals surface area contributed by atoms with Crippen molar-refractivity contribution in [2.24, 2.45) is 12.5 Å². The number of amides is 3. The van der Waals surface area contributed by atoms with Gasteiger partial charge in [-0.2, -0.15) is 0 Å². The summed E-state index contributed by atoms with van der Waals surface area (Å²) < 4.78 is 1.36. The lowest BCUT2D eigenvalue weighted by atomic mass is 9.39. The van der Waals surface area contributed by atoms with Gasteiger partial charge >= 0.3 is 6.09 Å². The van der Waals surface area contributed by atoms with Crippen LogP contribution in [0.3, 0.4) is 0 Å². The number of carbonyl (C=O) groups is 3. The molecule has 3 amide bonds. The van der Waals surface area contributed by atoms with Gasteiger partial charge in [-0.1, -0.05) is 22.9 Å². The highest BCUT2D eigenvalue weighted by Crippen LogP contribution is 2.67. The van der Waals surface area contributed by atoms with Gasteiger partial charge in [-0.25, -0.2) is 14.5 Å². The summed E-state index contributed by atoms with van der Waals surface area (Å²) in [6.45, 7) is 3.17. The number of rotatable bonds is 7. The molecular weight excluding hydrogens is 500 g/mol. The Morgan fingerprint density at radius 3 is 2.51 bits per heavy atom. The lowest BCUT2D eigenvalue weighted by Gasteiger charge is -2.69. The molecule has 0 spiro atoms. The molecule has 0 aromatic carbocycles. The van der Waals surface area contributed by atoms with Crippen molar-refractivity contribution >= 4 is 41.0 Å². The molecule has 6 rings (SSSR count). The first-order valence-corrected chi connectivity index (χ1v) is 12.0. The van der Waals surface area contributed by atoms with Crippen molar-refractivity contribution in [2.75, 3.05) is 10.2 Å². The minimum Gasteiger partial charge on any atom is -0.465 e. The van der Waals surface area contributed by atoms with Gasteiger partial charge in [0.25, 0.3) is 0 Å². The fourth-order valence-corrected chi connectivity index (χ4v) is 5.76. The Kier molecular flexibility index (Phi) is 5.86. The Morgan fingerprint density at radius 1 is 1.19 bits per heavy atom. The first kappa shape index (κ1) is 24.6. The van der Waals surface area contributed by atoms with E-state index in [0.717, 1.165) is 4.90 Å². The summed E-state index contributed by atoms with van der Waals surface area (Å²) in [5, 5.41) is 24.3. The van der Waals surface area contributed by atoms with E-state index in [1.165, 1.54) is 24.0 Å². The molecule has 37 heavy (non-hydrogen) atoms. The van der Waals surface area contributed by atoms with Gasteiger partial charge in [0.15, 0.2) is 11.5 Å². The molecule has 1 atom stereocenters. The number of carbonyl (C=O) groups excluding carboxylic acids is 2. The van der Waals surface area contributed by atoms with Crippen LogP contribution in [0.15, 0.2) is 36.7 Å². The molecular formula is C24H25ClN8O4. The predicted molar refractivity (Wildman–Crippen MR) is 134 cm³/mol. The average Bonchev–Trinajstić information content (AvgIpc) is 3.16. The zero-order valence-electron chi connectivity index (χ0n) is 20.4. The van der Waals surface area contributed by atoms with E-state index in [4.69, 9.17) is 11.6 Å². The van der Waals surface area contributed by atoms with Gasteiger partial charge < -0.3 is 15.7 Å². The summed E-state index contributed by atoms with van der Waals surface area (Å²) in [7, 11) is 1.59.